The number of hydrogen-bond donors (Lipinski definition) is 0. The van der Waals surface area contributed by atoms with Crippen molar-refractivity contribution < 1.29 is 4.42 Å². The number of aromatic nitrogens is 1. The van der Waals surface area contributed by atoms with Crippen molar-refractivity contribution in [2.75, 3.05) is 9.80 Å². The molecule has 0 aliphatic heterocycles. The second-order valence-electron chi connectivity index (χ2n) is 26.2. The maximum Gasteiger partial charge on any atom is 0.145 e. The molecule has 0 amide bonds. The van der Waals surface area contributed by atoms with E-state index in [0.29, 0.717) is 0 Å². The van der Waals surface area contributed by atoms with Crippen LogP contribution in [-0.4, -0.2) is 4.98 Å². The Morgan fingerprint density at radius 3 is 1.47 bits per heavy atom. The molecule has 4 nitrogen and oxygen atoms in total. The van der Waals surface area contributed by atoms with Gasteiger partial charge >= 0.3 is 0 Å². The average molecular weight is 1110 g/mol. The number of benzene rings is 11. The van der Waals surface area contributed by atoms with Crippen LogP contribution in [0.15, 0.2) is 241 Å². The molecule has 4 heteroatoms. The van der Waals surface area contributed by atoms with Gasteiger partial charge in [-0.15, -0.1) is 0 Å². The molecule has 0 unspecified atom stereocenters. The smallest absolute Gasteiger partial charge is 0.145 e. The normalized spacial score (nSPS) is 13.1. The van der Waals surface area contributed by atoms with Gasteiger partial charge in [-0.3, -0.25) is 4.90 Å². The molecule has 2 aliphatic carbocycles. The van der Waals surface area contributed by atoms with E-state index in [9.17, 15) is 0 Å². The molecular formula is C82H69N3O. The molecule has 0 saturated carbocycles. The maximum absolute atomic E-state index is 7.64. The first-order valence-electron chi connectivity index (χ1n) is 30.3. The van der Waals surface area contributed by atoms with Gasteiger partial charge in [0.05, 0.1) is 27.9 Å². The van der Waals surface area contributed by atoms with Crippen molar-refractivity contribution >= 4 is 67.0 Å². The van der Waals surface area contributed by atoms with Crippen molar-refractivity contribution in [2.45, 2.75) is 85.5 Å². The molecule has 0 fully saturated rings. The minimum atomic E-state index is -0.824. The molecule has 418 valence electrons. The summed E-state index contributed by atoms with van der Waals surface area (Å²) >= 11 is 0. The lowest BCUT2D eigenvalue weighted by Crippen LogP contribution is -2.27. The van der Waals surface area contributed by atoms with E-state index in [-0.39, 0.29) is 10.8 Å². The van der Waals surface area contributed by atoms with Crippen LogP contribution in [0.2, 0.25) is 0 Å². The third-order valence-electron chi connectivity index (χ3n) is 18.5. The van der Waals surface area contributed by atoms with Crippen LogP contribution in [0.3, 0.4) is 0 Å². The van der Waals surface area contributed by atoms with Crippen LogP contribution in [0.5, 0.6) is 0 Å². The van der Waals surface area contributed by atoms with Crippen LogP contribution in [0.4, 0.5) is 34.3 Å². The van der Waals surface area contributed by atoms with Crippen molar-refractivity contribution in [2.24, 2.45) is 0 Å². The molecule has 2 heterocycles. The van der Waals surface area contributed by atoms with Crippen LogP contribution >= 0.6 is 0 Å². The Labute approximate surface area is 505 Å². The van der Waals surface area contributed by atoms with Gasteiger partial charge < -0.3 is 9.32 Å². The molecule has 0 bridgehead atoms. The summed E-state index contributed by atoms with van der Waals surface area (Å²) in [7, 11) is 0. The van der Waals surface area contributed by atoms with Crippen molar-refractivity contribution in [1.82, 2.24) is 4.98 Å². The lowest BCUT2D eigenvalue weighted by atomic mass is 9.70. The Morgan fingerprint density at radius 2 is 0.860 bits per heavy atom. The van der Waals surface area contributed by atoms with E-state index in [1.165, 1.54) is 77.9 Å². The molecule has 15 rings (SSSR count). The predicted molar refractivity (Wildman–Crippen MR) is 362 cm³/mol. The highest BCUT2D eigenvalue weighted by Gasteiger charge is 2.54. The topological polar surface area (TPSA) is 32.5 Å². The third kappa shape index (κ3) is 8.21. The quantitative estimate of drug-likeness (QED) is 0.152. The number of hydrogen-bond acceptors (Lipinski definition) is 4. The number of pyridine rings is 1. The molecule has 86 heavy (non-hydrogen) atoms. The van der Waals surface area contributed by atoms with Crippen molar-refractivity contribution in [3.63, 3.8) is 0 Å². The average Bonchev–Trinajstić information content (AvgIpc) is 1.49. The van der Waals surface area contributed by atoms with Crippen molar-refractivity contribution in [3.8, 4) is 44.5 Å². The van der Waals surface area contributed by atoms with Crippen molar-refractivity contribution in [1.29, 1.82) is 0 Å². The highest BCUT2D eigenvalue weighted by atomic mass is 16.3. The van der Waals surface area contributed by atoms with Gasteiger partial charge in [-0.2, -0.15) is 0 Å². The van der Waals surface area contributed by atoms with Gasteiger partial charge in [-0.1, -0.05) is 228 Å². The lowest BCUT2D eigenvalue weighted by molar-refractivity contribution is 0.590. The Balaban J connectivity index is 1.11. The van der Waals surface area contributed by atoms with Gasteiger partial charge in [0.25, 0.3) is 0 Å². The monoisotopic (exact) mass is 1110 g/mol. The first-order chi connectivity index (χ1) is 41.6. The minimum Gasteiger partial charge on any atom is -0.455 e. The zero-order valence-corrected chi connectivity index (χ0v) is 50.8. The number of nitrogens with zero attached hydrogens (tertiary/aromatic N) is 3. The molecule has 13 aromatic rings. The van der Waals surface area contributed by atoms with E-state index < -0.39 is 5.41 Å². The minimum absolute atomic E-state index is 0.0357. The summed E-state index contributed by atoms with van der Waals surface area (Å²) in [5.74, 6) is 0.842. The van der Waals surface area contributed by atoms with E-state index in [4.69, 9.17) is 9.40 Å². The molecule has 0 N–H and O–H groups in total. The summed E-state index contributed by atoms with van der Waals surface area (Å²) in [5, 5.41) is 4.38. The van der Waals surface area contributed by atoms with Crippen molar-refractivity contribution in [3.05, 3.63) is 292 Å². The van der Waals surface area contributed by atoms with E-state index in [0.717, 1.165) is 89.2 Å². The summed E-state index contributed by atoms with van der Waals surface area (Å²) in [4.78, 5) is 10.5. The fourth-order valence-electron chi connectivity index (χ4n) is 14.2. The number of fused-ring (bicyclic) bond motifs is 16. The summed E-state index contributed by atoms with van der Waals surface area (Å²) in [6, 6.07) is 86.9. The van der Waals surface area contributed by atoms with Gasteiger partial charge in [0.1, 0.15) is 17.0 Å². The second kappa shape index (κ2) is 19.7. The number of aryl methyl sites for hydroxylation is 4. The first-order valence-corrected chi connectivity index (χ1v) is 30.3. The third-order valence-corrected chi connectivity index (χ3v) is 18.5. The largest absolute Gasteiger partial charge is 0.455 e. The zero-order valence-electron chi connectivity index (χ0n) is 50.8. The lowest BCUT2D eigenvalue weighted by Gasteiger charge is -2.34. The van der Waals surface area contributed by atoms with E-state index in [2.05, 4.69) is 310 Å². The molecular weight excluding hydrogens is 1040 g/mol. The summed E-state index contributed by atoms with van der Waals surface area (Å²) in [6.45, 7) is 22.4. The van der Waals surface area contributed by atoms with Gasteiger partial charge in [0.2, 0.25) is 0 Å². The molecule has 11 aromatic carbocycles. The van der Waals surface area contributed by atoms with Crippen LogP contribution < -0.4 is 9.80 Å². The second-order valence-corrected chi connectivity index (χ2v) is 26.2. The number of furan rings is 1. The highest BCUT2D eigenvalue weighted by Crippen LogP contribution is 2.68. The van der Waals surface area contributed by atoms with Crippen LogP contribution in [0.25, 0.3) is 77.2 Å². The van der Waals surface area contributed by atoms with Crippen LogP contribution in [0, 0.1) is 27.7 Å². The summed E-state index contributed by atoms with van der Waals surface area (Å²) in [5.41, 5.74) is 27.5. The van der Waals surface area contributed by atoms with Gasteiger partial charge in [-0.05, 0) is 171 Å². The van der Waals surface area contributed by atoms with Crippen LogP contribution in [-0.2, 0) is 16.2 Å². The fraction of sp³-hybridized carbons (Fsp3) is 0.159. The Hall–Kier alpha value is -9.77. The Bertz CT molecular complexity index is 4810. The fourth-order valence-corrected chi connectivity index (χ4v) is 14.2. The summed E-state index contributed by atoms with van der Waals surface area (Å²) < 4.78 is 7.64. The number of rotatable bonds is 8. The molecule has 0 radical (unpaired) electrons. The summed E-state index contributed by atoms with van der Waals surface area (Å²) in [6.07, 6.45) is 2.02. The molecule has 2 aromatic heterocycles. The van der Waals surface area contributed by atoms with Gasteiger partial charge in [0.15, 0.2) is 0 Å². The zero-order chi connectivity index (χ0) is 59.0. The maximum atomic E-state index is 7.64. The first kappa shape index (κ1) is 53.0. The molecule has 0 saturated heterocycles. The van der Waals surface area contributed by atoms with Gasteiger partial charge in [0, 0.05) is 45.0 Å². The standard InChI is InChI=1S/C82H69N3O/c1-50-27-32-54(33-28-50)65-45-52(3)31-44-71(65)84(58-40-36-56(37-41-58)80(5,6)7)72-47-69-75(63-22-12-11-21-62(63)72)77-70(82(69)67-24-16-13-19-60(67)61-20-14-17-25-68(61)82)48-73(76-64-23-15-18-26-74(64)86-78(76)77)85(59-42-38-57(39-43-59)81(8,9)10)79-66(46-53(4)49-83-79)55-34-29-51(2)30-35-55/h11-49H,1-10H3. The van der Waals surface area contributed by atoms with E-state index in [1.807, 2.05) is 6.20 Å². The van der Waals surface area contributed by atoms with Crippen LogP contribution in [0.1, 0.15) is 97.2 Å². The predicted octanol–water partition coefficient (Wildman–Crippen LogP) is 22.6. The number of para-hydroxylation sites is 1. The number of anilines is 6. The SMILES string of the molecule is Cc1ccc(-c2cc(C)ccc2N(c2ccc(C(C)(C)C)cc2)c2cc3c(c4ccccc24)-c2c(cc(N(c4ccc(C(C)(C)C)cc4)c4ncc(C)cc4-c4ccc(C)cc4)c4c2oc2ccccc24)C32c3ccccc3-c3ccccc32)cc1. The molecule has 1 spiro atoms. The van der Waals surface area contributed by atoms with Gasteiger partial charge in [-0.25, -0.2) is 4.98 Å². The highest BCUT2D eigenvalue weighted by molar-refractivity contribution is 6.23. The van der Waals surface area contributed by atoms with E-state index in [1.54, 1.807) is 0 Å². The molecule has 2 aliphatic rings. The Kier molecular flexibility index (Phi) is 12.1. The Morgan fingerprint density at radius 1 is 0.372 bits per heavy atom. The van der Waals surface area contributed by atoms with E-state index >= 15 is 0 Å². The molecule has 0 atom stereocenters.